The van der Waals surface area contributed by atoms with Crippen LogP contribution < -0.4 is 5.32 Å². The second-order valence-electron chi connectivity index (χ2n) is 4.53. The van der Waals surface area contributed by atoms with Crippen LogP contribution in [0.15, 0.2) is 16.6 Å². The first-order valence-electron chi connectivity index (χ1n) is 6.26. The SMILES string of the molecule is COC(=O)c1c(N=CNC=O)c(C)n(CC=C(C)C)c1Cl. The maximum absolute atomic E-state index is 11.9. The number of hydrogen-bond acceptors (Lipinski definition) is 4. The van der Waals surface area contributed by atoms with Gasteiger partial charge in [-0.05, 0) is 20.8 Å². The van der Waals surface area contributed by atoms with Gasteiger partial charge in [0.15, 0.2) is 0 Å². The van der Waals surface area contributed by atoms with Crippen molar-refractivity contribution in [2.75, 3.05) is 7.11 Å². The van der Waals surface area contributed by atoms with E-state index in [1.807, 2.05) is 19.9 Å². The summed E-state index contributed by atoms with van der Waals surface area (Å²) in [6.07, 6.45) is 3.67. The highest BCUT2D eigenvalue weighted by Crippen LogP contribution is 2.34. The molecule has 1 heterocycles. The van der Waals surface area contributed by atoms with Crippen molar-refractivity contribution >= 4 is 36.0 Å². The number of hydrogen-bond donors (Lipinski definition) is 1. The van der Waals surface area contributed by atoms with Gasteiger partial charge in [-0.1, -0.05) is 23.3 Å². The van der Waals surface area contributed by atoms with E-state index < -0.39 is 5.97 Å². The predicted molar refractivity (Wildman–Crippen MR) is 82.3 cm³/mol. The van der Waals surface area contributed by atoms with E-state index in [1.165, 1.54) is 13.4 Å². The third kappa shape index (κ3) is 3.95. The Hall–Kier alpha value is -2.08. The number of nitrogens with zero attached hydrogens (tertiary/aromatic N) is 2. The fraction of sp³-hybridized carbons (Fsp3) is 0.357. The highest BCUT2D eigenvalue weighted by molar-refractivity contribution is 6.33. The molecule has 1 rings (SSSR count). The summed E-state index contributed by atoms with van der Waals surface area (Å²) in [5.74, 6) is -0.572. The summed E-state index contributed by atoms with van der Waals surface area (Å²) in [5.41, 5.74) is 2.40. The Kier molecular flexibility index (Phi) is 6.17. The number of methoxy groups -OCH3 is 1. The van der Waals surface area contributed by atoms with E-state index in [4.69, 9.17) is 16.3 Å². The van der Waals surface area contributed by atoms with Gasteiger partial charge in [0.25, 0.3) is 0 Å². The first-order chi connectivity index (χ1) is 9.93. The standard InChI is InChI=1S/C14H18ClN3O3/c1-9(2)5-6-18-10(3)12(17-7-16-8-19)11(13(18)15)14(20)21-4/h5,7-8H,6H2,1-4H3,(H,16,17,19). The number of nitrogens with one attached hydrogen (secondary N) is 1. The Balaban J connectivity index is 3.38. The minimum Gasteiger partial charge on any atom is -0.465 e. The van der Waals surface area contributed by atoms with E-state index in [-0.39, 0.29) is 10.7 Å². The van der Waals surface area contributed by atoms with Crippen molar-refractivity contribution in [1.82, 2.24) is 9.88 Å². The molecular weight excluding hydrogens is 294 g/mol. The smallest absolute Gasteiger partial charge is 0.343 e. The number of amides is 1. The van der Waals surface area contributed by atoms with Gasteiger partial charge in [-0.2, -0.15) is 0 Å². The quantitative estimate of drug-likeness (QED) is 0.288. The number of carbonyl (C=O) groups excluding carboxylic acids is 2. The fourth-order valence-electron chi connectivity index (χ4n) is 1.75. The highest BCUT2D eigenvalue weighted by atomic mass is 35.5. The van der Waals surface area contributed by atoms with Crippen LogP contribution in [0.5, 0.6) is 0 Å². The lowest BCUT2D eigenvalue weighted by Crippen LogP contribution is -2.06. The molecule has 0 fully saturated rings. The first kappa shape index (κ1) is 17.0. The molecule has 1 amide bonds. The monoisotopic (exact) mass is 311 g/mol. The molecule has 1 N–H and O–H groups in total. The van der Waals surface area contributed by atoms with E-state index in [0.29, 0.717) is 24.3 Å². The largest absolute Gasteiger partial charge is 0.465 e. The first-order valence-corrected chi connectivity index (χ1v) is 6.64. The molecule has 0 saturated heterocycles. The van der Waals surface area contributed by atoms with E-state index in [1.54, 1.807) is 11.5 Å². The Morgan fingerprint density at radius 3 is 2.67 bits per heavy atom. The highest BCUT2D eigenvalue weighted by Gasteiger charge is 2.24. The molecule has 0 unspecified atom stereocenters. The van der Waals surface area contributed by atoms with Crippen LogP contribution in [0, 0.1) is 6.92 Å². The molecule has 7 heteroatoms. The third-order valence-electron chi connectivity index (χ3n) is 2.84. The summed E-state index contributed by atoms with van der Waals surface area (Å²) < 4.78 is 6.50. The second kappa shape index (κ2) is 7.64. The molecule has 0 atom stereocenters. The van der Waals surface area contributed by atoms with Gasteiger partial charge in [0.05, 0.1) is 13.4 Å². The van der Waals surface area contributed by atoms with E-state index in [9.17, 15) is 9.59 Å². The van der Waals surface area contributed by atoms with Crippen LogP contribution in [-0.2, 0) is 16.1 Å². The maximum atomic E-state index is 11.9. The molecular formula is C14H18ClN3O3. The maximum Gasteiger partial charge on any atom is 0.343 e. The topological polar surface area (TPSA) is 72.7 Å². The zero-order valence-electron chi connectivity index (χ0n) is 12.4. The van der Waals surface area contributed by atoms with E-state index >= 15 is 0 Å². The van der Waals surface area contributed by atoms with Gasteiger partial charge < -0.3 is 14.6 Å². The number of halogens is 1. The van der Waals surface area contributed by atoms with Crippen LogP contribution in [-0.4, -0.2) is 30.4 Å². The molecule has 0 spiro atoms. The number of aliphatic imine (C=N–C) groups is 1. The molecule has 0 radical (unpaired) electrons. The van der Waals surface area contributed by atoms with Crippen molar-refractivity contribution < 1.29 is 14.3 Å². The number of aromatic nitrogens is 1. The molecule has 1 aromatic heterocycles. The normalized spacial score (nSPS) is 10.5. The molecule has 21 heavy (non-hydrogen) atoms. The molecule has 6 nitrogen and oxygen atoms in total. The van der Waals surface area contributed by atoms with Gasteiger partial charge in [-0.3, -0.25) is 4.79 Å². The van der Waals surface area contributed by atoms with Gasteiger partial charge in [0.1, 0.15) is 16.4 Å². The van der Waals surface area contributed by atoms with Crippen molar-refractivity contribution in [2.24, 2.45) is 4.99 Å². The summed E-state index contributed by atoms with van der Waals surface area (Å²) in [6, 6.07) is 0. The summed E-state index contributed by atoms with van der Waals surface area (Å²) >= 11 is 6.27. The summed E-state index contributed by atoms with van der Waals surface area (Å²) in [7, 11) is 1.28. The minimum atomic E-state index is -0.572. The van der Waals surface area contributed by atoms with Crippen molar-refractivity contribution in [3.05, 3.63) is 28.1 Å². The number of allylic oxidation sites excluding steroid dienone is 2. The number of ether oxygens (including phenoxy) is 1. The van der Waals surface area contributed by atoms with Gasteiger partial charge in [-0.15, -0.1) is 0 Å². The van der Waals surface area contributed by atoms with Crippen LogP contribution in [0.4, 0.5) is 5.69 Å². The van der Waals surface area contributed by atoms with Crippen molar-refractivity contribution in [1.29, 1.82) is 0 Å². The van der Waals surface area contributed by atoms with Gasteiger partial charge in [-0.25, -0.2) is 9.79 Å². The van der Waals surface area contributed by atoms with Gasteiger partial charge in [0.2, 0.25) is 6.41 Å². The lowest BCUT2D eigenvalue weighted by atomic mass is 10.2. The Bertz CT molecular complexity index is 599. The predicted octanol–water partition coefficient (Wildman–Crippen LogP) is 2.61. The lowest BCUT2D eigenvalue weighted by molar-refractivity contribution is -0.108. The zero-order chi connectivity index (χ0) is 16.0. The summed E-state index contributed by atoms with van der Waals surface area (Å²) in [6.45, 7) is 6.26. The van der Waals surface area contributed by atoms with Crippen molar-refractivity contribution in [3.63, 3.8) is 0 Å². The fourth-order valence-corrected chi connectivity index (χ4v) is 2.12. The molecule has 0 bridgehead atoms. The molecule has 114 valence electrons. The lowest BCUT2D eigenvalue weighted by Gasteiger charge is -2.04. The van der Waals surface area contributed by atoms with Crippen LogP contribution in [0.1, 0.15) is 29.9 Å². The molecule has 0 aromatic carbocycles. The molecule has 0 saturated carbocycles. The average molecular weight is 312 g/mol. The molecule has 1 aromatic rings. The number of carbonyl (C=O) groups is 2. The Morgan fingerprint density at radius 1 is 1.48 bits per heavy atom. The third-order valence-corrected chi connectivity index (χ3v) is 3.23. The Labute approximate surface area is 128 Å². The summed E-state index contributed by atoms with van der Waals surface area (Å²) in [4.78, 5) is 26.2. The number of esters is 1. The van der Waals surface area contributed by atoms with Crippen LogP contribution in [0.25, 0.3) is 0 Å². The van der Waals surface area contributed by atoms with Gasteiger partial charge >= 0.3 is 5.97 Å². The van der Waals surface area contributed by atoms with Crippen molar-refractivity contribution in [2.45, 2.75) is 27.3 Å². The van der Waals surface area contributed by atoms with Crippen LogP contribution in [0.2, 0.25) is 5.15 Å². The van der Waals surface area contributed by atoms with Crippen LogP contribution >= 0.6 is 11.6 Å². The number of rotatable bonds is 6. The van der Waals surface area contributed by atoms with Crippen molar-refractivity contribution in [3.8, 4) is 0 Å². The second-order valence-corrected chi connectivity index (χ2v) is 4.88. The van der Waals surface area contributed by atoms with Gasteiger partial charge in [0, 0.05) is 12.2 Å². The molecule has 0 aliphatic heterocycles. The molecule has 0 aliphatic carbocycles. The van der Waals surface area contributed by atoms with E-state index in [2.05, 4.69) is 10.3 Å². The summed E-state index contributed by atoms with van der Waals surface area (Å²) in [5, 5.41) is 2.56. The Morgan fingerprint density at radius 2 is 2.14 bits per heavy atom. The molecule has 0 aliphatic rings. The zero-order valence-corrected chi connectivity index (χ0v) is 13.2. The average Bonchev–Trinajstić information content (AvgIpc) is 2.67. The van der Waals surface area contributed by atoms with E-state index in [0.717, 1.165) is 5.57 Å². The minimum absolute atomic E-state index is 0.183. The van der Waals surface area contributed by atoms with Crippen LogP contribution in [0.3, 0.4) is 0 Å².